The number of benzene rings is 2. The summed E-state index contributed by atoms with van der Waals surface area (Å²) in [7, 11) is 1.56. The maximum atomic E-state index is 12.7. The average molecular weight is 393 g/mol. The number of methoxy groups -OCH3 is 1. The predicted octanol–water partition coefficient (Wildman–Crippen LogP) is 1.61. The molecule has 8 nitrogen and oxygen atoms in total. The molecule has 8 heteroatoms. The smallest absolute Gasteiger partial charge is 0.253 e. The number of ether oxygens (including phenoxy) is 1. The number of aromatic nitrogens is 2. The molecule has 1 saturated heterocycles. The van der Waals surface area contributed by atoms with Crippen LogP contribution in [0.1, 0.15) is 10.4 Å². The molecule has 1 aliphatic heterocycles. The molecule has 2 heterocycles. The Hall–Kier alpha value is -3.55. The lowest BCUT2D eigenvalue weighted by Crippen LogP contribution is -2.51. The Labute approximate surface area is 168 Å². The van der Waals surface area contributed by atoms with Gasteiger partial charge in [-0.2, -0.15) is 5.10 Å². The molecule has 0 radical (unpaired) electrons. The Morgan fingerprint density at radius 1 is 1.07 bits per heavy atom. The Morgan fingerprint density at radius 2 is 1.76 bits per heavy atom. The van der Waals surface area contributed by atoms with Crippen molar-refractivity contribution in [3.05, 3.63) is 54.2 Å². The number of nitrogens with zero attached hydrogens (tertiary/aromatic N) is 4. The van der Waals surface area contributed by atoms with E-state index in [1.807, 2.05) is 30.3 Å². The van der Waals surface area contributed by atoms with Crippen molar-refractivity contribution in [2.75, 3.05) is 39.0 Å². The molecule has 0 spiro atoms. The number of amides is 2. The fraction of sp³-hybridized carbons (Fsp3) is 0.286. The van der Waals surface area contributed by atoms with E-state index >= 15 is 0 Å². The van der Waals surface area contributed by atoms with Crippen LogP contribution in [0, 0.1) is 0 Å². The molecular formula is C21H23N5O3. The van der Waals surface area contributed by atoms with Crippen molar-refractivity contribution < 1.29 is 14.3 Å². The van der Waals surface area contributed by atoms with Crippen LogP contribution in [0.15, 0.2) is 48.7 Å². The number of fused-ring (bicyclic) bond motifs is 1. The highest BCUT2D eigenvalue weighted by atomic mass is 16.5. The quantitative estimate of drug-likeness (QED) is 0.680. The molecule has 0 aliphatic carbocycles. The minimum Gasteiger partial charge on any atom is -0.495 e. The van der Waals surface area contributed by atoms with Gasteiger partial charge in [-0.05, 0) is 18.2 Å². The van der Waals surface area contributed by atoms with Gasteiger partial charge >= 0.3 is 0 Å². The average Bonchev–Trinajstić information content (AvgIpc) is 3.14. The minimum absolute atomic E-state index is 0.00237. The van der Waals surface area contributed by atoms with E-state index in [0.29, 0.717) is 43.2 Å². The van der Waals surface area contributed by atoms with Crippen LogP contribution in [-0.2, 0) is 11.3 Å². The SMILES string of the molecule is COc1cc2nn(CC(=O)N3CCN(C(=O)c4ccccc4)CC3)cc2cc1N. The highest BCUT2D eigenvalue weighted by Gasteiger charge is 2.25. The van der Waals surface area contributed by atoms with Crippen LogP contribution in [0.4, 0.5) is 5.69 Å². The van der Waals surface area contributed by atoms with Crippen molar-refractivity contribution in [1.29, 1.82) is 0 Å². The van der Waals surface area contributed by atoms with Crippen molar-refractivity contribution in [2.24, 2.45) is 0 Å². The number of carbonyl (C=O) groups excluding carboxylic acids is 2. The van der Waals surface area contributed by atoms with Crippen LogP contribution in [0.5, 0.6) is 5.75 Å². The molecule has 0 unspecified atom stereocenters. The second-order valence-corrected chi connectivity index (χ2v) is 7.02. The maximum Gasteiger partial charge on any atom is 0.253 e. The van der Waals surface area contributed by atoms with E-state index in [1.54, 1.807) is 39.9 Å². The summed E-state index contributed by atoms with van der Waals surface area (Å²) in [6.07, 6.45) is 1.80. The number of anilines is 1. The number of hydrogen-bond donors (Lipinski definition) is 1. The van der Waals surface area contributed by atoms with Gasteiger partial charge in [0.1, 0.15) is 12.3 Å². The van der Waals surface area contributed by atoms with Crippen molar-refractivity contribution >= 4 is 28.4 Å². The molecule has 0 atom stereocenters. The maximum absolute atomic E-state index is 12.7. The van der Waals surface area contributed by atoms with Crippen LogP contribution in [0.3, 0.4) is 0 Å². The number of rotatable bonds is 4. The first-order valence-electron chi connectivity index (χ1n) is 9.48. The molecule has 1 aromatic heterocycles. The second kappa shape index (κ2) is 7.83. The molecule has 1 aliphatic rings. The zero-order valence-corrected chi connectivity index (χ0v) is 16.2. The van der Waals surface area contributed by atoms with Crippen LogP contribution >= 0.6 is 0 Å². The normalized spacial score (nSPS) is 14.2. The summed E-state index contributed by atoms with van der Waals surface area (Å²) >= 11 is 0. The van der Waals surface area contributed by atoms with Crippen LogP contribution in [-0.4, -0.2) is 64.7 Å². The summed E-state index contributed by atoms with van der Waals surface area (Å²) in [5, 5.41) is 5.31. The lowest BCUT2D eigenvalue weighted by Gasteiger charge is -2.34. The van der Waals surface area contributed by atoms with E-state index in [9.17, 15) is 9.59 Å². The number of carbonyl (C=O) groups is 2. The molecule has 4 rings (SSSR count). The molecule has 3 aromatic rings. The lowest BCUT2D eigenvalue weighted by molar-refractivity contribution is -0.133. The summed E-state index contributed by atoms with van der Waals surface area (Å²) in [5.41, 5.74) is 7.86. The van der Waals surface area contributed by atoms with E-state index in [-0.39, 0.29) is 18.4 Å². The van der Waals surface area contributed by atoms with Crippen molar-refractivity contribution in [3.63, 3.8) is 0 Å². The van der Waals surface area contributed by atoms with Gasteiger partial charge in [-0.3, -0.25) is 14.3 Å². The first kappa shape index (κ1) is 18.8. The largest absolute Gasteiger partial charge is 0.495 e. The third-order valence-electron chi connectivity index (χ3n) is 5.14. The summed E-state index contributed by atoms with van der Waals surface area (Å²) in [4.78, 5) is 28.8. The fourth-order valence-corrected chi connectivity index (χ4v) is 3.54. The van der Waals surface area contributed by atoms with E-state index < -0.39 is 0 Å². The summed E-state index contributed by atoms with van der Waals surface area (Å²) in [6, 6.07) is 12.8. The van der Waals surface area contributed by atoms with E-state index in [4.69, 9.17) is 10.5 Å². The summed E-state index contributed by atoms with van der Waals surface area (Å²) in [6.45, 7) is 2.21. The molecule has 2 aromatic carbocycles. The molecule has 0 saturated carbocycles. The molecule has 150 valence electrons. The molecule has 2 amide bonds. The van der Waals surface area contributed by atoms with E-state index in [2.05, 4.69) is 5.10 Å². The minimum atomic E-state index is -0.0236. The Balaban J connectivity index is 1.37. The number of nitrogen functional groups attached to an aromatic ring is 1. The zero-order valence-electron chi connectivity index (χ0n) is 16.2. The second-order valence-electron chi connectivity index (χ2n) is 7.02. The monoisotopic (exact) mass is 393 g/mol. The highest BCUT2D eigenvalue weighted by molar-refractivity contribution is 5.94. The van der Waals surface area contributed by atoms with Gasteiger partial charge in [-0.25, -0.2) is 0 Å². The van der Waals surface area contributed by atoms with Crippen LogP contribution in [0.25, 0.3) is 10.9 Å². The zero-order chi connectivity index (χ0) is 20.4. The number of hydrogen-bond acceptors (Lipinski definition) is 5. The predicted molar refractivity (Wildman–Crippen MR) is 110 cm³/mol. The lowest BCUT2D eigenvalue weighted by atomic mass is 10.2. The van der Waals surface area contributed by atoms with Crippen molar-refractivity contribution in [2.45, 2.75) is 6.54 Å². The van der Waals surface area contributed by atoms with Gasteiger partial charge in [0, 0.05) is 49.4 Å². The molecule has 29 heavy (non-hydrogen) atoms. The summed E-state index contributed by atoms with van der Waals surface area (Å²) < 4.78 is 6.84. The highest BCUT2D eigenvalue weighted by Crippen LogP contribution is 2.27. The summed E-state index contributed by atoms with van der Waals surface area (Å²) in [5.74, 6) is 0.542. The third kappa shape index (κ3) is 3.87. The molecule has 1 fully saturated rings. The number of piperazine rings is 1. The van der Waals surface area contributed by atoms with Gasteiger partial charge in [0.05, 0.1) is 18.3 Å². The first-order valence-corrected chi connectivity index (χ1v) is 9.48. The molecule has 2 N–H and O–H groups in total. The van der Waals surface area contributed by atoms with Gasteiger partial charge in [0.25, 0.3) is 5.91 Å². The first-order chi connectivity index (χ1) is 14.0. The van der Waals surface area contributed by atoms with Crippen molar-refractivity contribution in [3.8, 4) is 5.75 Å². The van der Waals surface area contributed by atoms with Crippen LogP contribution in [0.2, 0.25) is 0 Å². The third-order valence-corrected chi connectivity index (χ3v) is 5.14. The molecular weight excluding hydrogens is 370 g/mol. The fourth-order valence-electron chi connectivity index (χ4n) is 3.54. The Morgan fingerprint density at radius 3 is 2.45 bits per heavy atom. The standard InChI is InChI=1S/C21H23N5O3/c1-29-19-12-18-16(11-17(19)22)13-26(23-18)14-20(27)24-7-9-25(10-8-24)21(28)15-5-3-2-4-6-15/h2-6,11-13H,7-10,14,22H2,1H3. The Kier molecular flexibility index (Phi) is 5.07. The van der Waals surface area contributed by atoms with Crippen LogP contribution < -0.4 is 10.5 Å². The van der Waals surface area contributed by atoms with E-state index in [1.165, 1.54) is 0 Å². The topological polar surface area (TPSA) is 93.7 Å². The van der Waals surface area contributed by atoms with Gasteiger partial charge < -0.3 is 20.3 Å². The number of nitrogens with two attached hydrogens (primary N) is 1. The van der Waals surface area contributed by atoms with E-state index in [0.717, 1.165) is 10.9 Å². The molecule has 0 bridgehead atoms. The van der Waals surface area contributed by atoms with Crippen molar-refractivity contribution in [1.82, 2.24) is 19.6 Å². The Bertz CT molecular complexity index is 1040. The van der Waals surface area contributed by atoms with Gasteiger partial charge in [0.15, 0.2) is 0 Å². The van der Waals surface area contributed by atoms with Gasteiger partial charge in [-0.15, -0.1) is 0 Å². The van der Waals surface area contributed by atoms with Gasteiger partial charge in [-0.1, -0.05) is 18.2 Å². The van der Waals surface area contributed by atoms with Gasteiger partial charge in [0.2, 0.25) is 5.91 Å².